The van der Waals surface area contributed by atoms with Crippen LogP contribution >= 0.6 is 0 Å². The molecule has 4 heteroatoms. The van der Waals surface area contributed by atoms with Gasteiger partial charge in [-0.3, -0.25) is 9.59 Å². The molecule has 0 spiro atoms. The van der Waals surface area contributed by atoms with E-state index in [1.165, 1.54) is 25.7 Å². The largest absolute Gasteiger partial charge is 0.481 e. The monoisotopic (exact) mass is 293 g/mol. The fraction of sp³-hybridized carbons (Fsp3) is 0.882. The molecule has 0 aromatic heterocycles. The van der Waals surface area contributed by atoms with Gasteiger partial charge in [0, 0.05) is 25.4 Å². The lowest BCUT2D eigenvalue weighted by Gasteiger charge is -2.37. The molecule has 2 saturated carbocycles. The zero-order valence-electron chi connectivity index (χ0n) is 12.8. The maximum atomic E-state index is 12.7. The summed E-state index contributed by atoms with van der Waals surface area (Å²) in [4.78, 5) is 25.5. The number of rotatable bonds is 5. The Kier molecular flexibility index (Phi) is 4.51. The van der Waals surface area contributed by atoms with Crippen LogP contribution in [-0.4, -0.2) is 34.5 Å². The molecule has 3 aliphatic rings. The number of carbonyl (C=O) groups excluding carboxylic acids is 1. The Morgan fingerprint density at radius 3 is 2.62 bits per heavy atom. The lowest BCUT2D eigenvalue weighted by atomic mass is 9.85. The average Bonchev–Trinajstić information content (AvgIpc) is 3.08. The third-order valence-electron chi connectivity index (χ3n) is 5.96. The van der Waals surface area contributed by atoms with E-state index in [1.54, 1.807) is 0 Å². The van der Waals surface area contributed by atoms with Gasteiger partial charge >= 0.3 is 5.97 Å². The number of amides is 1. The number of nitrogens with zero attached hydrogens (tertiary/aromatic N) is 1. The fourth-order valence-electron chi connectivity index (χ4n) is 4.89. The number of fused-ring (bicyclic) bond motifs is 2. The number of aliphatic carboxylic acids is 1. The Hall–Kier alpha value is -1.06. The van der Waals surface area contributed by atoms with Crippen LogP contribution in [0.1, 0.15) is 64.2 Å². The smallest absolute Gasteiger partial charge is 0.303 e. The highest BCUT2D eigenvalue weighted by atomic mass is 16.4. The molecule has 2 aliphatic carbocycles. The summed E-state index contributed by atoms with van der Waals surface area (Å²) in [5.41, 5.74) is 0. The molecule has 3 fully saturated rings. The van der Waals surface area contributed by atoms with E-state index in [-0.39, 0.29) is 12.5 Å². The van der Waals surface area contributed by atoms with E-state index in [2.05, 4.69) is 0 Å². The van der Waals surface area contributed by atoms with Gasteiger partial charge in [-0.25, -0.2) is 0 Å². The van der Waals surface area contributed by atoms with Crippen molar-refractivity contribution in [1.29, 1.82) is 0 Å². The summed E-state index contributed by atoms with van der Waals surface area (Å²) in [6.07, 6.45) is 10.0. The van der Waals surface area contributed by atoms with Crippen molar-refractivity contribution in [2.45, 2.75) is 70.3 Å². The van der Waals surface area contributed by atoms with E-state index >= 15 is 0 Å². The van der Waals surface area contributed by atoms with Gasteiger partial charge in [0.1, 0.15) is 0 Å². The quantitative estimate of drug-likeness (QED) is 0.847. The first-order chi connectivity index (χ1) is 10.1. The Morgan fingerprint density at radius 2 is 1.95 bits per heavy atom. The van der Waals surface area contributed by atoms with Gasteiger partial charge in [0.15, 0.2) is 0 Å². The highest BCUT2D eigenvalue weighted by molar-refractivity contribution is 5.77. The molecule has 4 atom stereocenters. The second kappa shape index (κ2) is 6.37. The van der Waals surface area contributed by atoms with Crippen molar-refractivity contribution >= 4 is 11.9 Å². The van der Waals surface area contributed by atoms with E-state index in [4.69, 9.17) is 5.11 Å². The lowest BCUT2D eigenvalue weighted by Crippen LogP contribution is -2.44. The van der Waals surface area contributed by atoms with Crippen molar-refractivity contribution < 1.29 is 14.7 Å². The summed E-state index contributed by atoms with van der Waals surface area (Å²) < 4.78 is 0. The molecule has 4 unspecified atom stereocenters. The van der Waals surface area contributed by atoms with Crippen LogP contribution in [-0.2, 0) is 9.59 Å². The molecular formula is C17H27NO3. The van der Waals surface area contributed by atoms with Crippen molar-refractivity contribution in [3.05, 3.63) is 0 Å². The predicted octanol–water partition coefficient (Wildman–Crippen LogP) is 3.06. The van der Waals surface area contributed by atoms with Gasteiger partial charge in [-0.1, -0.05) is 6.42 Å². The van der Waals surface area contributed by atoms with Crippen molar-refractivity contribution in [2.24, 2.45) is 17.8 Å². The Bertz CT molecular complexity index is 409. The van der Waals surface area contributed by atoms with Crippen LogP contribution in [0.4, 0.5) is 0 Å². The van der Waals surface area contributed by atoms with Crippen molar-refractivity contribution in [3.8, 4) is 0 Å². The molecule has 3 rings (SSSR count). The fourth-order valence-corrected chi connectivity index (χ4v) is 4.89. The summed E-state index contributed by atoms with van der Waals surface area (Å²) in [7, 11) is 0. The molecule has 1 saturated heterocycles. The number of hydrogen-bond donors (Lipinski definition) is 1. The molecule has 118 valence electrons. The van der Waals surface area contributed by atoms with Crippen molar-refractivity contribution in [1.82, 2.24) is 4.90 Å². The molecule has 0 aromatic rings. The molecule has 1 amide bonds. The first-order valence-corrected chi connectivity index (χ1v) is 8.64. The molecule has 2 bridgehead atoms. The minimum atomic E-state index is -0.749. The van der Waals surface area contributed by atoms with E-state index in [9.17, 15) is 9.59 Å². The third kappa shape index (κ3) is 3.41. The maximum Gasteiger partial charge on any atom is 0.303 e. The minimum Gasteiger partial charge on any atom is -0.481 e. The summed E-state index contributed by atoms with van der Waals surface area (Å²) in [5, 5.41) is 8.87. The van der Waals surface area contributed by atoms with Crippen LogP contribution in [0.3, 0.4) is 0 Å². The molecule has 21 heavy (non-hydrogen) atoms. The molecule has 0 radical (unpaired) electrons. The molecule has 0 aromatic carbocycles. The van der Waals surface area contributed by atoms with Crippen LogP contribution in [0.25, 0.3) is 0 Å². The zero-order valence-corrected chi connectivity index (χ0v) is 12.8. The molecular weight excluding hydrogens is 266 g/mol. The van der Waals surface area contributed by atoms with Gasteiger partial charge in [0.05, 0.1) is 0 Å². The van der Waals surface area contributed by atoms with Crippen molar-refractivity contribution in [2.75, 3.05) is 6.54 Å². The van der Waals surface area contributed by atoms with Crippen molar-refractivity contribution in [3.63, 3.8) is 0 Å². The van der Waals surface area contributed by atoms with E-state index in [1.807, 2.05) is 4.90 Å². The molecule has 4 nitrogen and oxygen atoms in total. The third-order valence-corrected chi connectivity index (χ3v) is 5.96. The average molecular weight is 293 g/mol. The summed E-state index contributed by atoms with van der Waals surface area (Å²) in [5.74, 6) is 1.83. The first-order valence-electron chi connectivity index (χ1n) is 8.64. The van der Waals surface area contributed by atoms with Gasteiger partial charge < -0.3 is 10.0 Å². The topological polar surface area (TPSA) is 57.6 Å². The van der Waals surface area contributed by atoms with Gasteiger partial charge in [-0.05, 0) is 62.7 Å². The van der Waals surface area contributed by atoms with Gasteiger partial charge in [-0.2, -0.15) is 0 Å². The van der Waals surface area contributed by atoms with Gasteiger partial charge in [0.2, 0.25) is 5.91 Å². The van der Waals surface area contributed by atoms with Gasteiger partial charge in [0.25, 0.3) is 0 Å². The minimum absolute atomic E-state index is 0.168. The number of carbonyl (C=O) groups is 2. The SMILES string of the molecule is O=C(O)CCC1CCCCN1C(=O)CC1CC2CCC1C2. The number of carboxylic acids is 1. The van der Waals surface area contributed by atoms with E-state index in [0.717, 1.165) is 37.6 Å². The van der Waals surface area contributed by atoms with Crippen LogP contribution in [0, 0.1) is 17.8 Å². The Labute approximate surface area is 126 Å². The number of hydrogen-bond acceptors (Lipinski definition) is 2. The first kappa shape index (κ1) is 14.9. The zero-order chi connectivity index (χ0) is 14.8. The van der Waals surface area contributed by atoms with Crippen LogP contribution in [0.5, 0.6) is 0 Å². The summed E-state index contributed by atoms with van der Waals surface area (Å²) >= 11 is 0. The van der Waals surface area contributed by atoms with Gasteiger partial charge in [-0.15, -0.1) is 0 Å². The second-order valence-corrected chi connectivity index (χ2v) is 7.31. The molecule has 1 heterocycles. The van der Waals surface area contributed by atoms with E-state index in [0.29, 0.717) is 24.7 Å². The van der Waals surface area contributed by atoms with E-state index < -0.39 is 5.97 Å². The normalized spacial score (nSPS) is 35.1. The predicted molar refractivity (Wildman–Crippen MR) is 79.8 cm³/mol. The summed E-state index contributed by atoms with van der Waals surface area (Å²) in [6, 6.07) is 0.168. The Balaban J connectivity index is 1.54. The Morgan fingerprint density at radius 1 is 1.10 bits per heavy atom. The number of carboxylic acid groups (broad SMARTS) is 1. The lowest BCUT2D eigenvalue weighted by molar-refractivity contribution is -0.140. The number of likely N-dealkylation sites (tertiary alicyclic amines) is 1. The highest BCUT2D eigenvalue weighted by Gasteiger charge is 2.41. The summed E-state index contributed by atoms with van der Waals surface area (Å²) in [6.45, 7) is 0.837. The maximum absolute atomic E-state index is 12.7. The standard InChI is InChI=1S/C17H27NO3/c19-16(11-14-10-12-4-5-13(14)9-12)18-8-2-1-3-15(18)6-7-17(20)21/h12-15H,1-11H2,(H,20,21). The molecule has 1 N–H and O–H groups in total. The highest BCUT2D eigenvalue weighted by Crippen LogP contribution is 2.49. The number of piperidine rings is 1. The van der Waals surface area contributed by atoms with Crippen LogP contribution < -0.4 is 0 Å². The second-order valence-electron chi connectivity index (χ2n) is 7.31. The van der Waals surface area contributed by atoms with Crippen LogP contribution in [0.15, 0.2) is 0 Å². The van der Waals surface area contributed by atoms with Crippen LogP contribution in [0.2, 0.25) is 0 Å². The molecule has 1 aliphatic heterocycles.